The summed E-state index contributed by atoms with van der Waals surface area (Å²) in [7, 11) is 0. The third-order valence-corrected chi connectivity index (χ3v) is 3.83. The molecule has 0 atom stereocenters. The summed E-state index contributed by atoms with van der Waals surface area (Å²) < 4.78 is 0. The smallest absolute Gasteiger partial charge is 0.133 e. The first-order valence-electron chi connectivity index (χ1n) is 6.79. The SMILES string of the molecule is Cc1ccc2c(c1)CCCN2c1cccc(C(N)=S)n1. The normalized spacial score (nSPS) is 13.9. The van der Waals surface area contributed by atoms with E-state index in [0.29, 0.717) is 10.7 Å². The van der Waals surface area contributed by atoms with Gasteiger partial charge in [0.2, 0.25) is 0 Å². The number of hydrogen-bond donors (Lipinski definition) is 1. The number of nitrogens with two attached hydrogens (primary N) is 1. The maximum Gasteiger partial charge on any atom is 0.133 e. The Labute approximate surface area is 124 Å². The zero-order valence-electron chi connectivity index (χ0n) is 11.5. The molecule has 0 unspecified atom stereocenters. The molecule has 4 heteroatoms. The van der Waals surface area contributed by atoms with E-state index in [1.165, 1.54) is 16.8 Å². The first-order chi connectivity index (χ1) is 9.65. The minimum absolute atomic E-state index is 0.341. The average molecular weight is 283 g/mol. The van der Waals surface area contributed by atoms with Crippen molar-refractivity contribution >= 4 is 28.7 Å². The Morgan fingerprint density at radius 1 is 1.30 bits per heavy atom. The summed E-state index contributed by atoms with van der Waals surface area (Å²) in [6, 6.07) is 12.4. The second-order valence-corrected chi connectivity index (χ2v) is 5.57. The average Bonchev–Trinajstić information content (AvgIpc) is 2.46. The van der Waals surface area contributed by atoms with Crippen molar-refractivity contribution in [3.63, 3.8) is 0 Å². The van der Waals surface area contributed by atoms with Gasteiger partial charge in [0.25, 0.3) is 0 Å². The van der Waals surface area contributed by atoms with E-state index in [1.807, 2.05) is 18.2 Å². The van der Waals surface area contributed by atoms with Crippen LogP contribution in [0.3, 0.4) is 0 Å². The number of aromatic nitrogens is 1. The van der Waals surface area contributed by atoms with Gasteiger partial charge in [-0.15, -0.1) is 0 Å². The van der Waals surface area contributed by atoms with Gasteiger partial charge in [-0.1, -0.05) is 36.0 Å². The fourth-order valence-corrected chi connectivity index (χ4v) is 2.79. The zero-order valence-corrected chi connectivity index (χ0v) is 12.3. The van der Waals surface area contributed by atoms with Gasteiger partial charge in [0, 0.05) is 12.2 Å². The molecule has 0 radical (unpaired) electrons. The Morgan fingerprint density at radius 2 is 2.15 bits per heavy atom. The molecule has 0 amide bonds. The van der Waals surface area contributed by atoms with E-state index in [1.54, 1.807) is 0 Å². The molecule has 1 aliphatic heterocycles. The molecule has 0 bridgehead atoms. The van der Waals surface area contributed by atoms with Crippen molar-refractivity contribution in [3.05, 3.63) is 53.2 Å². The van der Waals surface area contributed by atoms with Crippen molar-refractivity contribution in [1.82, 2.24) is 4.98 Å². The van der Waals surface area contributed by atoms with Crippen LogP contribution in [0.25, 0.3) is 0 Å². The van der Waals surface area contributed by atoms with Gasteiger partial charge in [-0.25, -0.2) is 4.98 Å². The van der Waals surface area contributed by atoms with Crippen molar-refractivity contribution in [3.8, 4) is 0 Å². The van der Waals surface area contributed by atoms with E-state index in [-0.39, 0.29) is 0 Å². The van der Waals surface area contributed by atoms with Crippen LogP contribution in [0.2, 0.25) is 0 Å². The van der Waals surface area contributed by atoms with Crippen LogP contribution >= 0.6 is 12.2 Å². The molecule has 0 fully saturated rings. The molecule has 0 aliphatic carbocycles. The van der Waals surface area contributed by atoms with E-state index in [4.69, 9.17) is 18.0 Å². The van der Waals surface area contributed by atoms with E-state index in [9.17, 15) is 0 Å². The summed E-state index contributed by atoms with van der Waals surface area (Å²) in [5, 5.41) is 0. The summed E-state index contributed by atoms with van der Waals surface area (Å²) in [6.07, 6.45) is 2.26. The van der Waals surface area contributed by atoms with Gasteiger partial charge in [-0.05, 0) is 43.5 Å². The summed E-state index contributed by atoms with van der Waals surface area (Å²) >= 11 is 5.01. The van der Waals surface area contributed by atoms with Crippen molar-refractivity contribution in [2.24, 2.45) is 5.73 Å². The van der Waals surface area contributed by atoms with Crippen LogP contribution in [-0.4, -0.2) is 16.5 Å². The van der Waals surface area contributed by atoms with Crippen LogP contribution in [0.4, 0.5) is 11.5 Å². The molecule has 102 valence electrons. The molecule has 1 aromatic carbocycles. The lowest BCUT2D eigenvalue weighted by molar-refractivity contribution is 0.758. The Morgan fingerprint density at radius 3 is 2.95 bits per heavy atom. The Kier molecular flexibility index (Phi) is 3.40. The number of aryl methyl sites for hydroxylation is 2. The summed E-state index contributed by atoms with van der Waals surface area (Å²) in [5.41, 5.74) is 10.3. The molecule has 0 saturated carbocycles. The minimum Gasteiger partial charge on any atom is -0.388 e. The van der Waals surface area contributed by atoms with Crippen LogP contribution in [0, 0.1) is 6.92 Å². The lowest BCUT2D eigenvalue weighted by Crippen LogP contribution is -2.26. The van der Waals surface area contributed by atoms with Gasteiger partial charge >= 0.3 is 0 Å². The van der Waals surface area contributed by atoms with Crippen LogP contribution < -0.4 is 10.6 Å². The molecule has 2 heterocycles. The Hall–Kier alpha value is -1.94. The zero-order chi connectivity index (χ0) is 14.1. The Bertz CT molecular complexity index is 667. The number of nitrogens with zero attached hydrogens (tertiary/aromatic N) is 2. The highest BCUT2D eigenvalue weighted by Crippen LogP contribution is 2.32. The van der Waals surface area contributed by atoms with Gasteiger partial charge in [-0.3, -0.25) is 0 Å². The second-order valence-electron chi connectivity index (χ2n) is 5.13. The third kappa shape index (κ3) is 2.39. The highest BCUT2D eigenvalue weighted by molar-refractivity contribution is 7.80. The number of pyridine rings is 1. The molecule has 0 saturated heterocycles. The molecule has 1 aliphatic rings. The number of rotatable bonds is 2. The van der Waals surface area contributed by atoms with Crippen molar-refractivity contribution in [1.29, 1.82) is 0 Å². The first kappa shape index (κ1) is 13.1. The maximum absolute atomic E-state index is 5.68. The lowest BCUT2D eigenvalue weighted by atomic mass is 9.99. The molecule has 1 aromatic heterocycles. The van der Waals surface area contributed by atoms with E-state index in [0.717, 1.165) is 25.2 Å². The highest BCUT2D eigenvalue weighted by atomic mass is 32.1. The predicted molar refractivity (Wildman–Crippen MR) is 86.6 cm³/mol. The third-order valence-electron chi connectivity index (χ3n) is 3.62. The maximum atomic E-state index is 5.68. The van der Waals surface area contributed by atoms with Crippen molar-refractivity contribution in [2.75, 3.05) is 11.4 Å². The van der Waals surface area contributed by atoms with E-state index < -0.39 is 0 Å². The molecule has 0 spiro atoms. The van der Waals surface area contributed by atoms with Crippen molar-refractivity contribution < 1.29 is 0 Å². The Balaban J connectivity index is 2.04. The number of hydrogen-bond acceptors (Lipinski definition) is 3. The van der Waals surface area contributed by atoms with Gasteiger partial charge in [0.15, 0.2) is 0 Å². The molecule has 2 aromatic rings. The van der Waals surface area contributed by atoms with E-state index >= 15 is 0 Å². The van der Waals surface area contributed by atoms with E-state index in [2.05, 4.69) is 35.0 Å². The van der Waals surface area contributed by atoms with Crippen LogP contribution in [0.15, 0.2) is 36.4 Å². The molecular formula is C16H17N3S. The summed E-state index contributed by atoms with van der Waals surface area (Å²) in [6.45, 7) is 3.11. The van der Waals surface area contributed by atoms with Crippen molar-refractivity contribution in [2.45, 2.75) is 19.8 Å². The predicted octanol–water partition coefficient (Wildman–Crippen LogP) is 3.11. The van der Waals surface area contributed by atoms with Crippen LogP contribution in [-0.2, 0) is 6.42 Å². The highest BCUT2D eigenvalue weighted by Gasteiger charge is 2.19. The molecule has 3 rings (SSSR count). The quantitative estimate of drug-likeness (QED) is 0.860. The number of anilines is 2. The van der Waals surface area contributed by atoms with Gasteiger partial charge in [0.1, 0.15) is 10.8 Å². The molecule has 2 N–H and O–H groups in total. The van der Waals surface area contributed by atoms with Gasteiger partial charge in [0.05, 0.1) is 5.69 Å². The molecular weight excluding hydrogens is 266 g/mol. The molecule has 20 heavy (non-hydrogen) atoms. The van der Waals surface area contributed by atoms with Crippen LogP contribution in [0.5, 0.6) is 0 Å². The van der Waals surface area contributed by atoms with Crippen LogP contribution in [0.1, 0.15) is 23.2 Å². The summed E-state index contributed by atoms with van der Waals surface area (Å²) in [5.74, 6) is 0.917. The number of benzene rings is 1. The fourth-order valence-electron chi connectivity index (χ4n) is 2.67. The molecule has 3 nitrogen and oxygen atoms in total. The topological polar surface area (TPSA) is 42.1 Å². The fraction of sp³-hybridized carbons (Fsp3) is 0.250. The second kappa shape index (κ2) is 5.21. The standard InChI is InChI=1S/C16H17N3S/c1-11-7-8-14-12(10-11)4-3-9-19(14)15-6-2-5-13(18-15)16(17)20/h2,5-8,10H,3-4,9H2,1H3,(H2,17,20). The number of fused-ring (bicyclic) bond motifs is 1. The van der Waals surface area contributed by atoms with Gasteiger partial charge in [-0.2, -0.15) is 0 Å². The first-order valence-corrected chi connectivity index (χ1v) is 7.20. The lowest BCUT2D eigenvalue weighted by Gasteiger charge is -2.30. The monoisotopic (exact) mass is 283 g/mol. The van der Waals surface area contributed by atoms with Gasteiger partial charge < -0.3 is 10.6 Å². The minimum atomic E-state index is 0.341. The number of thiocarbonyl (C=S) groups is 1. The summed E-state index contributed by atoms with van der Waals surface area (Å²) in [4.78, 5) is 7.17. The largest absolute Gasteiger partial charge is 0.388 e.